The van der Waals surface area contributed by atoms with E-state index in [1.165, 1.54) is 17.8 Å². The van der Waals surface area contributed by atoms with Gasteiger partial charge in [0.15, 0.2) is 11.0 Å². The highest BCUT2D eigenvalue weighted by molar-refractivity contribution is 7.98. The van der Waals surface area contributed by atoms with Crippen molar-refractivity contribution in [3.63, 3.8) is 0 Å². The van der Waals surface area contributed by atoms with E-state index in [0.29, 0.717) is 33.8 Å². The fourth-order valence-corrected chi connectivity index (χ4v) is 4.84. The average Bonchev–Trinajstić information content (AvgIpc) is 3.30. The Hall–Kier alpha value is -4.04. The second-order valence-electron chi connectivity index (χ2n) is 7.92. The van der Waals surface area contributed by atoms with Gasteiger partial charge in [0.25, 0.3) is 0 Å². The highest BCUT2D eigenvalue weighted by Crippen LogP contribution is 2.35. The maximum absolute atomic E-state index is 12.2. The lowest BCUT2D eigenvalue weighted by Crippen LogP contribution is -2.02. The quantitative estimate of drug-likeness (QED) is 0.217. The molecule has 35 heavy (non-hydrogen) atoms. The monoisotopic (exact) mass is 485 g/mol. The second-order valence-corrected chi connectivity index (χ2v) is 8.86. The number of benzene rings is 3. The maximum Gasteiger partial charge on any atom is 0.336 e. The fourth-order valence-electron chi connectivity index (χ4n) is 3.89. The van der Waals surface area contributed by atoms with Gasteiger partial charge in [-0.15, -0.1) is 10.2 Å². The van der Waals surface area contributed by atoms with Gasteiger partial charge in [0, 0.05) is 29.0 Å². The zero-order valence-electron chi connectivity index (χ0n) is 19.5. The van der Waals surface area contributed by atoms with Gasteiger partial charge in [0.05, 0.1) is 19.8 Å². The van der Waals surface area contributed by atoms with Crippen LogP contribution in [0.15, 0.2) is 87.2 Å². The van der Waals surface area contributed by atoms with E-state index in [0.717, 1.165) is 27.8 Å². The van der Waals surface area contributed by atoms with Crippen LogP contribution in [0.1, 0.15) is 11.1 Å². The Morgan fingerprint density at radius 3 is 2.51 bits per heavy atom. The number of aromatic nitrogens is 3. The lowest BCUT2D eigenvalue weighted by molar-refractivity contribution is 0.414. The minimum atomic E-state index is -0.406. The molecule has 176 valence electrons. The van der Waals surface area contributed by atoms with Crippen LogP contribution in [0.4, 0.5) is 0 Å². The predicted octanol–water partition coefficient (Wildman–Crippen LogP) is 5.66. The number of nitrogens with zero attached hydrogens (tertiary/aromatic N) is 3. The summed E-state index contributed by atoms with van der Waals surface area (Å²) >= 11 is 1.50. The number of aryl methyl sites for hydroxylation is 1. The van der Waals surface area contributed by atoms with Crippen LogP contribution in [0.5, 0.6) is 11.5 Å². The van der Waals surface area contributed by atoms with Crippen LogP contribution in [0.3, 0.4) is 0 Å². The number of methoxy groups -OCH3 is 2. The number of para-hydroxylation sites is 1. The number of thioether (sulfide) groups is 1. The van der Waals surface area contributed by atoms with Crippen molar-refractivity contribution >= 4 is 22.7 Å². The first kappa shape index (κ1) is 22.7. The van der Waals surface area contributed by atoms with Gasteiger partial charge in [0.2, 0.25) is 0 Å². The van der Waals surface area contributed by atoms with E-state index >= 15 is 0 Å². The third-order valence-electron chi connectivity index (χ3n) is 5.67. The molecule has 2 heterocycles. The molecular weight excluding hydrogens is 462 g/mol. The first-order valence-electron chi connectivity index (χ1n) is 11.0. The molecule has 0 saturated heterocycles. The fraction of sp³-hybridized carbons (Fsp3) is 0.148. The number of ether oxygens (including phenoxy) is 2. The molecule has 0 aliphatic rings. The molecule has 0 aliphatic heterocycles. The summed E-state index contributed by atoms with van der Waals surface area (Å²) < 4.78 is 18.3. The van der Waals surface area contributed by atoms with Crippen molar-refractivity contribution in [3.05, 3.63) is 94.3 Å². The molecule has 0 spiro atoms. The minimum Gasteiger partial charge on any atom is -0.497 e. The van der Waals surface area contributed by atoms with E-state index in [4.69, 9.17) is 13.9 Å². The van der Waals surface area contributed by atoms with Crippen molar-refractivity contribution in [2.45, 2.75) is 17.8 Å². The lowest BCUT2D eigenvalue weighted by Gasteiger charge is -2.13. The Balaban J connectivity index is 1.58. The molecule has 3 aromatic carbocycles. The van der Waals surface area contributed by atoms with Gasteiger partial charge >= 0.3 is 5.63 Å². The second kappa shape index (κ2) is 9.68. The van der Waals surface area contributed by atoms with E-state index in [9.17, 15) is 4.79 Å². The van der Waals surface area contributed by atoms with E-state index in [2.05, 4.69) is 22.3 Å². The Kier molecular flexibility index (Phi) is 6.29. The van der Waals surface area contributed by atoms with Crippen LogP contribution in [-0.4, -0.2) is 29.0 Å². The molecule has 0 amide bonds. The molecule has 0 radical (unpaired) electrons. The number of hydrogen-bond donors (Lipinski definition) is 0. The predicted molar refractivity (Wildman–Crippen MR) is 137 cm³/mol. The molecule has 0 saturated carbocycles. The van der Waals surface area contributed by atoms with Crippen LogP contribution in [0.25, 0.3) is 28.0 Å². The van der Waals surface area contributed by atoms with Crippen molar-refractivity contribution in [1.29, 1.82) is 0 Å². The topological polar surface area (TPSA) is 79.4 Å². The van der Waals surface area contributed by atoms with Gasteiger partial charge in [-0.25, -0.2) is 4.79 Å². The molecule has 0 N–H and O–H groups in total. The summed E-state index contributed by atoms with van der Waals surface area (Å²) in [5.41, 5.74) is 3.87. The van der Waals surface area contributed by atoms with Crippen LogP contribution in [0.2, 0.25) is 0 Å². The summed E-state index contributed by atoms with van der Waals surface area (Å²) in [4.78, 5) is 12.2. The zero-order chi connectivity index (χ0) is 24.4. The SMILES string of the molecule is COc1ccc2c(CSc3nnc(-c4ccccc4OC)n3-c3ccc(C)cc3)cc(=O)oc2c1. The Bertz CT molecular complexity index is 1560. The highest BCUT2D eigenvalue weighted by atomic mass is 32.2. The summed E-state index contributed by atoms with van der Waals surface area (Å²) in [6.07, 6.45) is 0. The summed E-state index contributed by atoms with van der Waals surface area (Å²) in [5, 5.41) is 10.6. The van der Waals surface area contributed by atoms with Gasteiger partial charge < -0.3 is 13.9 Å². The smallest absolute Gasteiger partial charge is 0.336 e. The summed E-state index contributed by atoms with van der Waals surface area (Å²) in [5.74, 6) is 2.53. The Morgan fingerprint density at radius 1 is 0.943 bits per heavy atom. The largest absolute Gasteiger partial charge is 0.497 e. The lowest BCUT2D eigenvalue weighted by atomic mass is 10.1. The number of hydrogen-bond acceptors (Lipinski definition) is 7. The van der Waals surface area contributed by atoms with Crippen molar-refractivity contribution in [1.82, 2.24) is 14.8 Å². The van der Waals surface area contributed by atoms with Gasteiger partial charge in [-0.2, -0.15) is 0 Å². The Morgan fingerprint density at radius 2 is 1.74 bits per heavy atom. The molecule has 0 bridgehead atoms. The van der Waals surface area contributed by atoms with E-state index in [1.807, 2.05) is 60.0 Å². The zero-order valence-corrected chi connectivity index (χ0v) is 20.3. The van der Waals surface area contributed by atoms with Crippen LogP contribution < -0.4 is 15.1 Å². The maximum atomic E-state index is 12.2. The number of fused-ring (bicyclic) bond motifs is 1. The van der Waals surface area contributed by atoms with Crippen molar-refractivity contribution in [3.8, 4) is 28.6 Å². The van der Waals surface area contributed by atoms with Crippen molar-refractivity contribution in [2.75, 3.05) is 14.2 Å². The van der Waals surface area contributed by atoms with E-state index < -0.39 is 5.63 Å². The van der Waals surface area contributed by atoms with Crippen LogP contribution >= 0.6 is 11.8 Å². The van der Waals surface area contributed by atoms with Gasteiger partial charge in [-0.3, -0.25) is 4.57 Å². The first-order valence-corrected chi connectivity index (χ1v) is 12.0. The number of rotatable bonds is 7. The standard InChI is InChI=1S/C27H23N3O4S/c1-17-8-10-19(11-9-17)30-26(22-6-4-5-7-23(22)33-3)28-29-27(30)35-16-18-14-25(31)34-24-15-20(32-2)12-13-21(18)24/h4-15H,16H2,1-3H3. The molecular formula is C27H23N3O4S. The molecule has 0 unspecified atom stereocenters. The average molecular weight is 486 g/mol. The molecule has 8 heteroatoms. The van der Waals surface area contributed by atoms with E-state index in [1.54, 1.807) is 20.3 Å². The van der Waals surface area contributed by atoms with Gasteiger partial charge in [0.1, 0.15) is 17.1 Å². The molecule has 2 aromatic heterocycles. The highest BCUT2D eigenvalue weighted by Gasteiger charge is 2.19. The van der Waals surface area contributed by atoms with Crippen molar-refractivity contribution in [2.24, 2.45) is 0 Å². The summed E-state index contributed by atoms with van der Waals surface area (Å²) in [7, 11) is 3.22. The minimum absolute atomic E-state index is 0.406. The summed E-state index contributed by atoms with van der Waals surface area (Å²) in [6.45, 7) is 2.05. The molecule has 0 atom stereocenters. The third kappa shape index (κ3) is 4.52. The van der Waals surface area contributed by atoms with Crippen LogP contribution in [-0.2, 0) is 5.75 Å². The van der Waals surface area contributed by atoms with Gasteiger partial charge in [-0.1, -0.05) is 41.6 Å². The molecule has 7 nitrogen and oxygen atoms in total. The normalized spacial score (nSPS) is 11.1. The molecule has 0 aliphatic carbocycles. The molecule has 5 aromatic rings. The summed E-state index contributed by atoms with van der Waals surface area (Å²) in [6, 6.07) is 22.9. The first-order chi connectivity index (χ1) is 17.1. The third-order valence-corrected chi connectivity index (χ3v) is 6.65. The Labute approximate surface area is 206 Å². The molecule has 0 fully saturated rings. The molecule has 5 rings (SSSR count). The van der Waals surface area contributed by atoms with E-state index in [-0.39, 0.29) is 0 Å². The van der Waals surface area contributed by atoms with Gasteiger partial charge in [-0.05, 0) is 48.9 Å². The van der Waals surface area contributed by atoms with Crippen LogP contribution in [0, 0.1) is 6.92 Å². The van der Waals surface area contributed by atoms with Crippen molar-refractivity contribution < 1.29 is 13.9 Å².